The first-order valence-electron chi connectivity index (χ1n) is 8.24. The highest BCUT2D eigenvalue weighted by Gasteiger charge is 2.13. The molecule has 128 valence electrons. The normalized spacial score (nSPS) is 13.2. The van der Waals surface area contributed by atoms with Crippen LogP contribution >= 0.6 is 0 Å². The summed E-state index contributed by atoms with van der Waals surface area (Å²) in [5.74, 6) is 0.0639. The van der Waals surface area contributed by atoms with Crippen LogP contribution in [0.25, 0.3) is 6.08 Å². The average Bonchev–Trinajstić information content (AvgIpc) is 2.64. The van der Waals surface area contributed by atoms with Crippen LogP contribution in [-0.4, -0.2) is 18.5 Å². The molecule has 25 heavy (non-hydrogen) atoms. The van der Waals surface area contributed by atoms with Gasteiger partial charge in [-0.3, -0.25) is 4.79 Å². The molecule has 2 amide bonds. The fourth-order valence-electron chi connectivity index (χ4n) is 2.62. The number of nitrogens with one attached hydrogen (secondary N) is 2. The zero-order chi connectivity index (χ0) is 17.5. The largest absolute Gasteiger partial charge is 0.445 e. The highest BCUT2D eigenvalue weighted by molar-refractivity contribution is 5.94. The summed E-state index contributed by atoms with van der Waals surface area (Å²) in [7, 11) is 0. The number of amides is 2. The van der Waals surface area contributed by atoms with E-state index in [0.717, 1.165) is 28.8 Å². The molecule has 0 unspecified atom stereocenters. The van der Waals surface area contributed by atoms with E-state index in [4.69, 9.17) is 4.74 Å². The summed E-state index contributed by atoms with van der Waals surface area (Å²) < 4.78 is 5.14. The van der Waals surface area contributed by atoms with Gasteiger partial charge in [0, 0.05) is 18.7 Å². The number of alkyl carbamates (subject to hydrolysis) is 1. The summed E-state index contributed by atoms with van der Waals surface area (Å²) in [4.78, 5) is 23.0. The molecule has 5 heteroatoms. The molecule has 1 heterocycles. The van der Waals surface area contributed by atoms with Gasteiger partial charge in [0.25, 0.3) is 0 Å². The predicted octanol–water partition coefficient (Wildman–Crippen LogP) is 3.51. The SMILES string of the molecule is O=C1CCc2cc(C=CCNC(=O)OCc3ccccc3)ccc2N1. The van der Waals surface area contributed by atoms with Gasteiger partial charge in [-0.2, -0.15) is 0 Å². The van der Waals surface area contributed by atoms with Gasteiger partial charge in [0.2, 0.25) is 5.91 Å². The smallest absolute Gasteiger partial charge is 0.407 e. The molecule has 0 radical (unpaired) electrons. The third kappa shape index (κ3) is 4.94. The number of carbonyl (C=O) groups excluding carboxylic acids is 2. The van der Waals surface area contributed by atoms with Gasteiger partial charge >= 0.3 is 6.09 Å². The Morgan fingerprint density at radius 3 is 2.84 bits per heavy atom. The van der Waals surface area contributed by atoms with Crippen molar-refractivity contribution in [3.8, 4) is 0 Å². The molecule has 2 aromatic carbocycles. The molecule has 0 spiro atoms. The zero-order valence-corrected chi connectivity index (χ0v) is 13.8. The third-order valence-electron chi connectivity index (χ3n) is 3.91. The van der Waals surface area contributed by atoms with Crippen LogP contribution in [0.1, 0.15) is 23.1 Å². The zero-order valence-electron chi connectivity index (χ0n) is 13.8. The summed E-state index contributed by atoms with van der Waals surface area (Å²) >= 11 is 0. The Balaban J connectivity index is 1.44. The van der Waals surface area contributed by atoms with Crippen LogP contribution in [0.3, 0.4) is 0 Å². The van der Waals surface area contributed by atoms with Gasteiger partial charge in [-0.25, -0.2) is 4.79 Å². The second kappa shape index (κ2) is 8.15. The quantitative estimate of drug-likeness (QED) is 0.878. The summed E-state index contributed by atoms with van der Waals surface area (Å²) in [6, 6.07) is 15.5. The Morgan fingerprint density at radius 1 is 1.16 bits per heavy atom. The van der Waals surface area contributed by atoms with E-state index >= 15 is 0 Å². The van der Waals surface area contributed by atoms with Crippen LogP contribution in [0.15, 0.2) is 54.6 Å². The maximum absolute atomic E-state index is 11.6. The Hall–Kier alpha value is -3.08. The van der Waals surface area contributed by atoms with Gasteiger partial charge in [-0.1, -0.05) is 48.6 Å². The number of anilines is 1. The molecular weight excluding hydrogens is 316 g/mol. The third-order valence-corrected chi connectivity index (χ3v) is 3.91. The number of hydrogen-bond acceptors (Lipinski definition) is 3. The highest BCUT2D eigenvalue weighted by atomic mass is 16.5. The summed E-state index contributed by atoms with van der Waals surface area (Å²) in [6.07, 6.45) is 4.64. The van der Waals surface area contributed by atoms with E-state index in [9.17, 15) is 9.59 Å². The average molecular weight is 336 g/mol. The molecule has 5 nitrogen and oxygen atoms in total. The van der Waals surface area contributed by atoms with Crippen molar-refractivity contribution in [1.29, 1.82) is 0 Å². The van der Waals surface area contributed by atoms with Crippen LogP contribution in [0.5, 0.6) is 0 Å². The summed E-state index contributed by atoms with van der Waals surface area (Å²) in [6.45, 7) is 0.647. The van der Waals surface area contributed by atoms with Crippen molar-refractivity contribution >= 4 is 23.8 Å². The molecular formula is C20H20N2O3. The Morgan fingerprint density at radius 2 is 2.00 bits per heavy atom. The van der Waals surface area contributed by atoms with E-state index in [1.54, 1.807) is 0 Å². The fourth-order valence-corrected chi connectivity index (χ4v) is 2.62. The lowest BCUT2D eigenvalue weighted by Gasteiger charge is -2.16. The molecule has 0 aliphatic carbocycles. The first-order valence-corrected chi connectivity index (χ1v) is 8.24. The Bertz CT molecular complexity index is 785. The molecule has 0 fully saturated rings. The van der Waals surface area contributed by atoms with Crippen LogP contribution in [0, 0.1) is 0 Å². The highest BCUT2D eigenvalue weighted by Crippen LogP contribution is 2.23. The number of ether oxygens (including phenoxy) is 1. The molecule has 0 bridgehead atoms. The van der Waals surface area contributed by atoms with Crippen molar-refractivity contribution in [3.63, 3.8) is 0 Å². The first kappa shape index (κ1) is 16.8. The number of carbonyl (C=O) groups is 2. The van der Waals surface area contributed by atoms with Gasteiger partial charge in [0.15, 0.2) is 0 Å². The summed E-state index contributed by atoms with van der Waals surface area (Å²) in [5.41, 5.74) is 4.01. The van der Waals surface area contributed by atoms with E-state index < -0.39 is 6.09 Å². The summed E-state index contributed by atoms with van der Waals surface area (Å²) in [5, 5.41) is 5.55. The molecule has 2 aromatic rings. The lowest BCUT2D eigenvalue weighted by atomic mass is 10.0. The molecule has 1 aliphatic heterocycles. The van der Waals surface area contributed by atoms with Crippen molar-refractivity contribution in [2.75, 3.05) is 11.9 Å². The van der Waals surface area contributed by atoms with E-state index in [1.165, 1.54) is 0 Å². The van der Waals surface area contributed by atoms with Crippen molar-refractivity contribution in [3.05, 3.63) is 71.3 Å². The lowest BCUT2D eigenvalue weighted by molar-refractivity contribution is -0.116. The fraction of sp³-hybridized carbons (Fsp3) is 0.200. The molecule has 3 rings (SSSR count). The van der Waals surface area contributed by atoms with E-state index in [1.807, 2.05) is 54.6 Å². The van der Waals surface area contributed by atoms with Gasteiger partial charge in [0.1, 0.15) is 6.61 Å². The van der Waals surface area contributed by atoms with Gasteiger partial charge in [-0.15, -0.1) is 0 Å². The monoisotopic (exact) mass is 336 g/mol. The maximum atomic E-state index is 11.6. The topological polar surface area (TPSA) is 67.4 Å². The van der Waals surface area contributed by atoms with Crippen molar-refractivity contribution in [2.45, 2.75) is 19.4 Å². The maximum Gasteiger partial charge on any atom is 0.407 e. The predicted molar refractivity (Wildman–Crippen MR) is 97.1 cm³/mol. The molecule has 1 aliphatic rings. The number of fused-ring (bicyclic) bond motifs is 1. The van der Waals surface area contributed by atoms with E-state index in [0.29, 0.717) is 13.0 Å². The Kier molecular flexibility index (Phi) is 5.46. The minimum Gasteiger partial charge on any atom is -0.445 e. The minimum absolute atomic E-state index is 0.0639. The van der Waals surface area contributed by atoms with Gasteiger partial charge in [0.05, 0.1) is 0 Å². The number of benzene rings is 2. The van der Waals surface area contributed by atoms with Gasteiger partial charge < -0.3 is 15.4 Å². The van der Waals surface area contributed by atoms with Crippen LogP contribution in [0.4, 0.5) is 10.5 Å². The molecule has 0 atom stereocenters. The molecule has 0 saturated heterocycles. The molecule has 0 saturated carbocycles. The van der Waals surface area contributed by atoms with Gasteiger partial charge in [-0.05, 0) is 35.2 Å². The minimum atomic E-state index is -0.443. The number of aryl methyl sites for hydroxylation is 1. The lowest BCUT2D eigenvalue weighted by Crippen LogP contribution is -2.24. The number of rotatable bonds is 5. The van der Waals surface area contributed by atoms with Crippen molar-refractivity contribution in [1.82, 2.24) is 5.32 Å². The second-order valence-corrected chi connectivity index (χ2v) is 5.81. The van der Waals surface area contributed by atoms with Crippen LogP contribution < -0.4 is 10.6 Å². The Labute approximate surface area is 146 Å². The second-order valence-electron chi connectivity index (χ2n) is 5.81. The molecule has 0 aromatic heterocycles. The number of hydrogen-bond donors (Lipinski definition) is 2. The molecule has 2 N–H and O–H groups in total. The van der Waals surface area contributed by atoms with Crippen molar-refractivity contribution in [2.24, 2.45) is 0 Å². The van der Waals surface area contributed by atoms with E-state index in [2.05, 4.69) is 16.7 Å². The standard InChI is InChI=1S/C20H20N2O3/c23-19-11-9-17-13-15(8-10-18(17)22-19)7-4-12-21-20(24)25-14-16-5-2-1-3-6-16/h1-8,10,13H,9,11-12,14H2,(H,21,24)(H,22,23). The first-order chi connectivity index (χ1) is 12.2. The van der Waals surface area contributed by atoms with Crippen LogP contribution in [-0.2, 0) is 22.6 Å². The van der Waals surface area contributed by atoms with Crippen molar-refractivity contribution < 1.29 is 14.3 Å². The van der Waals surface area contributed by atoms with Crippen LogP contribution in [0.2, 0.25) is 0 Å². The van der Waals surface area contributed by atoms with E-state index in [-0.39, 0.29) is 12.5 Å².